The van der Waals surface area contributed by atoms with E-state index < -0.39 is 11.8 Å². The number of aromatic amines is 1. The Balaban J connectivity index is 1.94. The topological polar surface area (TPSA) is 57.8 Å². The van der Waals surface area contributed by atoms with E-state index in [-0.39, 0.29) is 31.2 Å². The molecule has 1 aliphatic carbocycles. The van der Waals surface area contributed by atoms with Gasteiger partial charge in [0.15, 0.2) is 0 Å². The number of carbonyl (C=O) groups is 1. The first kappa shape index (κ1) is 13.0. The molecule has 6 heteroatoms. The van der Waals surface area contributed by atoms with Crippen LogP contribution < -0.4 is 5.32 Å². The molecule has 1 saturated carbocycles. The molecule has 0 spiro atoms. The van der Waals surface area contributed by atoms with Crippen LogP contribution in [-0.4, -0.2) is 21.8 Å². The van der Waals surface area contributed by atoms with E-state index in [0.29, 0.717) is 12.2 Å². The monoisotopic (exact) mass is 257 g/mol. The Labute approximate surface area is 104 Å². The van der Waals surface area contributed by atoms with E-state index in [2.05, 4.69) is 15.3 Å². The third-order valence-corrected chi connectivity index (χ3v) is 3.35. The summed E-state index contributed by atoms with van der Waals surface area (Å²) < 4.78 is 26.1. The van der Waals surface area contributed by atoms with Crippen molar-refractivity contribution in [2.45, 2.75) is 44.6 Å². The average Bonchev–Trinajstić information content (AvgIpc) is 2.94. The van der Waals surface area contributed by atoms with E-state index in [1.54, 1.807) is 12.4 Å². The molecule has 2 N–H and O–H groups in total. The molecule has 2 unspecified atom stereocenters. The van der Waals surface area contributed by atoms with E-state index in [1.165, 1.54) is 0 Å². The van der Waals surface area contributed by atoms with Gasteiger partial charge in [-0.05, 0) is 12.8 Å². The van der Waals surface area contributed by atoms with Crippen LogP contribution in [0.15, 0.2) is 12.4 Å². The fourth-order valence-corrected chi connectivity index (χ4v) is 2.30. The van der Waals surface area contributed by atoms with E-state index >= 15 is 0 Å². The first-order valence-corrected chi connectivity index (χ1v) is 6.19. The largest absolute Gasteiger partial charge is 0.347 e. The molecule has 0 saturated heterocycles. The van der Waals surface area contributed by atoms with Gasteiger partial charge in [-0.25, -0.2) is 13.8 Å². The van der Waals surface area contributed by atoms with Crippen molar-refractivity contribution in [1.82, 2.24) is 15.3 Å². The van der Waals surface area contributed by atoms with Gasteiger partial charge in [-0.15, -0.1) is 0 Å². The van der Waals surface area contributed by atoms with Crippen LogP contribution in [0.5, 0.6) is 0 Å². The number of aromatic nitrogens is 2. The lowest BCUT2D eigenvalue weighted by Crippen LogP contribution is -2.33. The number of alkyl halides is 2. The lowest BCUT2D eigenvalue weighted by atomic mass is 10.1. The molecule has 0 bridgehead atoms. The summed E-state index contributed by atoms with van der Waals surface area (Å²) in [7, 11) is 0. The number of carbonyl (C=O) groups excluding carboxylic acids is 1. The number of halogens is 2. The second-order valence-corrected chi connectivity index (χ2v) is 4.74. The summed E-state index contributed by atoms with van der Waals surface area (Å²) in [5, 5.41) is 2.78. The van der Waals surface area contributed by atoms with Gasteiger partial charge in [0, 0.05) is 31.2 Å². The van der Waals surface area contributed by atoms with Crippen LogP contribution in [-0.2, 0) is 4.79 Å². The maximum atomic E-state index is 13.0. The predicted molar refractivity (Wildman–Crippen MR) is 62.1 cm³/mol. The van der Waals surface area contributed by atoms with Crippen molar-refractivity contribution >= 4 is 5.91 Å². The number of imidazole rings is 1. The van der Waals surface area contributed by atoms with Crippen molar-refractivity contribution in [3.05, 3.63) is 18.2 Å². The fraction of sp³-hybridized carbons (Fsp3) is 0.667. The van der Waals surface area contributed by atoms with Crippen molar-refractivity contribution < 1.29 is 13.6 Å². The van der Waals surface area contributed by atoms with Crippen molar-refractivity contribution in [3.8, 4) is 0 Å². The molecule has 0 radical (unpaired) electrons. The molecule has 1 heterocycles. The minimum absolute atomic E-state index is 0.192. The smallest absolute Gasteiger partial charge is 0.248 e. The van der Waals surface area contributed by atoms with Crippen LogP contribution in [0.3, 0.4) is 0 Å². The van der Waals surface area contributed by atoms with Crippen LogP contribution in [0.4, 0.5) is 8.78 Å². The molecule has 1 fully saturated rings. The first-order valence-electron chi connectivity index (χ1n) is 6.19. The predicted octanol–water partition coefficient (Wildman–Crippen LogP) is 2.41. The third-order valence-electron chi connectivity index (χ3n) is 3.35. The Hall–Kier alpha value is -1.46. The standard InChI is InChI=1S/C12H17F2N3O/c1-2-9(10-15-5-6-16-10)17-11(18)8-3-4-12(13,14)7-8/h5-6,8-9H,2-4,7H2,1H3,(H,15,16)(H,17,18). The summed E-state index contributed by atoms with van der Waals surface area (Å²) >= 11 is 0. The highest BCUT2D eigenvalue weighted by molar-refractivity contribution is 5.79. The first-order chi connectivity index (χ1) is 8.52. The van der Waals surface area contributed by atoms with Gasteiger partial charge >= 0.3 is 0 Å². The van der Waals surface area contributed by atoms with Crippen molar-refractivity contribution in [2.75, 3.05) is 0 Å². The van der Waals surface area contributed by atoms with Gasteiger partial charge in [-0.1, -0.05) is 6.92 Å². The van der Waals surface area contributed by atoms with E-state index in [9.17, 15) is 13.6 Å². The lowest BCUT2D eigenvalue weighted by molar-refractivity contribution is -0.126. The molecule has 1 aromatic heterocycles. The molecular weight excluding hydrogens is 240 g/mol. The van der Waals surface area contributed by atoms with Gasteiger partial charge in [-0.3, -0.25) is 4.79 Å². The van der Waals surface area contributed by atoms with Crippen LogP contribution in [0.25, 0.3) is 0 Å². The Bertz CT molecular complexity index is 405. The van der Waals surface area contributed by atoms with Crippen LogP contribution in [0.2, 0.25) is 0 Å². The molecule has 4 nitrogen and oxygen atoms in total. The lowest BCUT2D eigenvalue weighted by Gasteiger charge is -2.17. The molecule has 1 amide bonds. The molecule has 2 atom stereocenters. The zero-order valence-corrected chi connectivity index (χ0v) is 10.2. The van der Waals surface area contributed by atoms with E-state index in [4.69, 9.17) is 0 Å². The molecular formula is C12H17F2N3O. The summed E-state index contributed by atoms with van der Waals surface area (Å²) in [6.45, 7) is 1.91. The molecule has 100 valence electrons. The molecule has 1 aliphatic rings. The van der Waals surface area contributed by atoms with Gasteiger partial charge in [-0.2, -0.15) is 0 Å². The summed E-state index contributed by atoms with van der Waals surface area (Å²) in [6.07, 6.45) is 3.67. The number of hydrogen-bond acceptors (Lipinski definition) is 2. The molecule has 1 aromatic rings. The summed E-state index contributed by atoms with van der Waals surface area (Å²) in [5.41, 5.74) is 0. The van der Waals surface area contributed by atoms with Gasteiger partial charge < -0.3 is 10.3 Å². The Morgan fingerprint density at radius 1 is 1.72 bits per heavy atom. The fourth-order valence-electron chi connectivity index (χ4n) is 2.30. The zero-order valence-electron chi connectivity index (χ0n) is 10.2. The molecule has 2 rings (SSSR count). The van der Waals surface area contributed by atoms with Crippen molar-refractivity contribution in [2.24, 2.45) is 5.92 Å². The summed E-state index contributed by atoms with van der Waals surface area (Å²) in [5.74, 6) is -2.90. The normalized spacial score (nSPS) is 23.8. The Morgan fingerprint density at radius 3 is 3.00 bits per heavy atom. The number of nitrogens with one attached hydrogen (secondary N) is 2. The number of nitrogens with zero attached hydrogens (tertiary/aromatic N) is 1. The summed E-state index contributed by atoms with van der Waals surface area (Å²) in [6, 6.07) is -0.235. The second-order valence-electron chi connectivity index (χ2n) is 4.74. The van der Waals surface area contributed by atoms with Crippen molar-refractivity contribution in [1.29, 1.82) is 0 Å². The number of H-pyrrole nitrogens is 1. The Morgan fingerprint density at radius 2 is 2.50 bits per heavy atom. The highest BCUT2D eigenvalue weighted by Gasteiger charge is 2.42. The minimum atomic E-state index is -2.69. The van der Waals surface area contributed by atoms with Crippen LogP contribution in [0, 0.1) is 5.92 Å². The van der Waals surface area contributed by atoms with Gasteiger partial charge in [0.05, 0.1) is 6.04 Å². The molecule has 0 aromatic carbocycles. The highest BCUT2D eigenvalue weighted by Crippen LogP contribution is 2.39. The van der Waals surface area contributed by atoms with Gasteiger partial charge in [0.2, 0.25) is 11.8 Å². The minimum Gasteiger partial charge on any atom is -0.347 e. The molecule has 0 aliphatic heterocycles. The van der Waals surface area contributed by atoms with E-state index in [1.807, 2.05) is 6.92 Å². The zero-order chi connectivity index (χ0) is 13.2. The van der Waals surface area contributed by atoms with E-state index in [0.717, 1.165) is 0 Å². The maximum Gasteiger partial charge on any atom is 0.248 e. The Kier molecular flexibility index (Phi) is 3.63. The van der Waals surface area contributed by atoms with Gasteiger partial charge in [0.25, 0.3) is 0 Å². The SMILES string of the molecule is CCC(NC(=O)C1CCC(F)(F)C1)c1ncc[nH]1. The van der Waals surface area contributed by atoms with Gasteiger partial charge in [0.1, 0.15) is 5.82 Å². The third kappa shape index (κ3) is 2.86. The average molecular weight is 257 g/mol. The maximum absolute atomic E-state index is 13.0. The summed E-state index contributed by atoms with van der Waals surface area (Å²) in [4.78, 5) is 18.9. The van der Waals surface area contributed by atoms with Crippen LogP contribution >= 0.6 is 0 Å². The number of rotatable bonds is 4. The van der Waals surface area contributed by atoms with Crippen LogP contribution in [0.1, 0.15) is 44.5 Å². The number of hydrogen-bond donors (Lipinski definition) is 2. The highest BCUT2D eigenvalue weighted by atomic mass is 19.3. The number of amides is 1. The second kappa shape index (κ2) is 5.04. The molecule has 18 heavy (non-hydrogen) atoms. The quantitative estimate of drug-likeness (QED) is 0.870. The van der Waals surface area contributed by atoms with Crippen molar-refractivity contribution in [3.63, 3.8) is 0 Å².